The summed E-state index contributed by atoms with van der Waals surface area (Å²) in [5.74, 6) is -0.00705. The Kier molecular flexibility index (Phi) is 2.99. The second kappa shape index (κ2) is 5.05. The summed E-state index contributed by atoms with van der Waals surface area (Å²) < 4.78 is 5.13. The summed E-state index contributed by atoms with van der Waals surface area (Å²) in [6, 6.07) is 10.4. The zero-order chi connectivity index (χ0) is 16.8. The van der Waals surface area contributed by atoms with Crippen molar-refractivity contribution in [1.82, 2.24) is 0 Å². The van der Waals surface area contributed by atoms with Gasteiger partial charge >= 0.3 is 5.88 Å². The highest BCUT2D eigenvalue weighted by atomic mass is 16.6. The zero-order valence-electron chi connectivity index (χ0n) is 12.7. The smallest absolute Gasteiger partial charge is 0.401 e. The summed E-state index contributed by atoms with van der Waals surface area (Å²) in [6.45, 7) is 2.64. The van der Waals surface area contributed by atoms with Crippen LogP contribution in [-0.2, 0) is 4.79 Å². The van der Waals surface area contributed by atoms with Crippen LogP contribution in [0, 0.1) is 10.1 Å². The van der Waals surface area contributed by atoms with Gasteiger partial charge in [-0.2, -0.15) is 4.99 Å². The Morgan fingerprint density at radius 1 is 1.25 bits per heavy atom. The van der Waals surface area contributed by atoms with Crippen molar-refractivity contribution in [2.75, 3.05) is 16.3 Å². The summed E-state index contributed by atoms with van der Waals surface area (Å²) in [4.78, 5) is 30.2. The van der Waals surface area contributed by atoms with Crippen LogP contribution in [0.15, 0.2) is 51.5 Å². The number of carbonyl (C=O) groups excluding carboxylic acids is 1. The molecule has 0 aliphatic carbocycles. The van der Waals surface area contributed by atoms with Crippen molar-refractivity contribution in [2.45, 2.75) is 6.92 Å². The summed E-state index contributed by atoms with van der Waals surface area (Å²) >= 11 is 0. The van der Waals surface area contributed by atoms with Gasteiger partial charge in [-0.3, -0.25) is 19.8 Å². The fourth-order valence-electron chi connectivity index (χ4n) is 2.90. The Morgan fingerprint density at radius 2 is 2.00 bits per heavy atom. The summed E-state index contributed by atoms with van der Waals surface area (Å²) in [5.41, 5.74) is 2.11. The average molecular weight is 324 g/mol. The number of furan rings is 1. The van der Waals surface area contributed by atoms with E-state index in [4.69, 9.17) is 4.42 Å². The number of hydrogen-bond acceptors (Lipinski definition) is 6. The van der Waals surface area contributed by atoms with Gasteiger partial charge in [0.1, 0.15) is 16.4 Å². The van der Waals surface area contributed by atoms with E-state index in [9.17, 15) is 14.9 Å². The molecule has 0 fully saturated rings. The summed E-state index contributed by atoms with van der Waals surface area (Å²) in [7, 11) is 0. The van der Waals surface area contributed by atoms with Gasteiger partial charge in [0.2, 0.25) is 5.96 Å². The summed E-state index contributed by atoms with van der Waals surface area (Å²) in [6.07, 6.45) is 1.47. The van der Waals surface area contributed by atoms with E-state index in [1.54, 1.807) is 4.90 Å². The van der Waals surface area contributed by atoms with Crippen molar-refractivity contribution in [1.29, 1.82) is 0 Å². The number of amides is 1. The van der Waals surface area contributed by atoms with Crippen LogP contribution in [0.4, 0.5) is 17.3 Å². The van der Waals surface area contributed by atoms with Crippen molar-refractivity contribution in [3.63, 3.8) is 0 Å². The minimum absolute atomic E-state index is 0.230. The lowest BCUT2D eigenvalue weighted by Crippen LogP contribution is -2.34. The minimum atomic E-state index is -0.621. The number of guanidine groups is 1. The molecule has 0 spiro atoms. The third-order valence-electron chi connectivity index (χ3n) is 3.90. The fourth-order valence-corrected chi connectivity index (χ4v) is 2.90. The van der Waals surface area contributed by atoms with E-state index < -0.39 is 10.8 Å². The molecule has 2 aliphatic heterocycles. The number of carbonyl (C=O) groups is 1. The highest BCUT2D eigenvalue weighted by Gasteiger charge is 2.41. The van der Waals surface area contributed by atoms with Crippen LogP contribution < -0.4 is 9.80 Å². The number of aliphatic imine (C=N–C) groups is 1. The monoisotopic (exact) mass is 324 g/mol. The molecule has 0 radical (unpaired) electrons. The van der Waals surface area contributed by atoms with Crippen molar-refractivity contribution in [3.05, 3.63) is 58.0 Å². The van der Waals surface area contributed by atoms with Crippen LogP contribution in [0.3, 0.4) is 0 Å². The maximum Gasteiger partial charge on any atom is 0.433 e. The minimum Gasteiger partial charge on any atom is -0.401 e. The molecule has 0 unspecified atom stereocenters. The second-order valence-electron chi connectivity index (χ2n) is 5.25. The van der Waals surface area contributed by atoms with Crippen molar-refractivity contribution in [3.8, 4) is 0 Å². The molecule has 120 valence electrons. The predicted octanol–water partition coefficient (Wildman–Crippen LogP) is 2.77. The molecule has 0 saturated heterocycles. The fraction of sp³-hybridized carbons (Fsp3) is 0.125. The number of para-hydroxylation sites is 2. The van der Waals surface area contributed by atoms with Gasteiger partial charge in [0, 0.05) is 12.6 Å². The van der Waals surface area contributed by atoms with Gasteiger partial charge in [-0.1, -0.05) is 12.1 Å². The lowest BCUT2D eigenvalue weighted by Gasteiger charge is -2.16. The van der Waals surface area contributed by atoms with Gasteiger partial charge < -0.3 is 9.32 Å². The van der Waals surface area contributed by atoms with E-state index in [0.29, 0.717) is 18.2 Å². The quantitative estimate of drug-likeness (QED) is 0.490. The molecule has 24 heavy (non-hydrogen) atoms. The molecule has 0 atom stereocenters. The average Bonchev–Trinajstić information content (AvgIpc) is 3.22. The standard InChI is InChI=1S/C16H12N4O4/c1-2-18-11-5-3-4-6-12(11)19-13(15(21)17-16(18)19)9-10-7-8-14(24-10)20(22)23/h3-9H,2H2,1H3. The molecule has 0 N–H and O–H groups in total. The first-order chi connectivity index (χ1) is 11.6. The number of anilines is 2. The molecular formula is C16H12N4O4. The normalized spacial score (nSPS) is 17.3. The predicted molar refractivity (Wildman–Crippen MR) is 87.7 cm³/mol. The molecule has 8 nitrogen and oxygen atoms in total. The third kappa shape index (κ3) is 1.93. The van der Waals surface area contributed by atoms with Gasteiger partial charge in [0.25, 0.3) is 5.91 Å². The van der Waals surface area contributed by atoms with Crippen molar-refractivity contribution >= 4 is 35.2 Å². The first-order valence-electron chi connectivity index (χ1n) is 7.36. The van der Waals surface area contributed by atoms with E-state index in [2.05, 4.69) is 4.99 Å². The van der Waals surface area contributed by atoms with E-state index in [0.717, 1.165) is 11.4 Å². The third-order valence-corrected chi connectivity index (χ3v) is 3.90. The van der Waals surface area contributed by atoms with Crippen LogP contribution in [0.1, 0.15) is 12.7 Å². The number of benzene rings is 1. The molecule has 0 bridgehead atoms. The molecular weight excluding hydrogens is 312 g/mol. The van der Waals surface area contributed by atoms with Crippen LogP contribution >= 0.6 is 0 Å². The lowest BCUT2D eigenvalue weighted by molar-refractivity contribution is -0.402. The highest BCUT2D eigenvalue weighted by molar-refractivity contribution is 6.31. The molecule has 0 saturated carbocycles. The Balaban J connectivity index is 1.80. The van der Waals surface area contributed by atoms with E-state index in [1.165, 1.54) is 18.2 Å². The van der Waals surface area contributed by atoms with Crippen molar-refractivity contribution < 1.29 is 14.1 Å². The van der Waals surface area contributed by atoms with Gasteiger partial charge in [0.15, 0.2) is 0 Å². The molecule has 2 aromatic rings. The maximum atomic E-state index is 12.3. The number of hydrogen-bond donors (Lipinski definition) is 0. The van der Waals surface area contributed by atoms with Crippen LogP contribution in [0.25, 0.3) is 6.08 Å². The largest absolute Gasteiger partial charge is 0.433 e. The van der Waals surface area contributed by atoms with Crippen LogP contribution in [-0.4, -0.2) is 23.3 Å². The van der Waals surface area contributed by atoms with Crippen LogP contribution in [0.2, 0.25) is 0 Å². The zero-order valence-corrected chi connectivity index (χ0v) is 12.7. The van der Waals surface area contributed by atoms with Crippen molar-refractivity contribution in [2.24, 2.45) is 4.99 Å². The maximum absolute atomic E-state index is 12.3. The SMILES string of the molecule is CCN1C2=NC(=O)C(=Cc3ccc([N+](=O)[O-])o3)N2c2ccccc21. The Hall–Kier alpha value is -3.42. The van der Waals surface area contributed by atoms with E-state index in [1.807, 2.05) is 36.1 Å². The molecule has 8 heteroatoms. The molecule has 1 aromatic carbocycles. The lowest BCUT2D eigenvalue weighted by atomic mass is 10.2. The van der Waals surface area contributed by atoms with Gasteiger partial charge in [-0.05, 0) is 25.1 Å². The number of nitro groups is 1. The molecule has 3 heterocycles. The van der Waals surface area contributed by atoms with Gasteiger partial charge in [-0.15, -0.1) is 0 Å². The summed E-state index contributed by atoms with van der Waals surface area (Å²) in [5, 5.41) is 10.7. The number of rotatable bonds is 3. The first kappa shape index (κ1) is 14.2. The Bertz CT molecular complexity index is 928. The molecule has 4 rings (SSSR count). The van der Waals surface area contributed by atoms with E-state index >= 15 is 0 Å². The topological polar surface area (TPSA) is 92.2 Å². The Morgan fingerprint density at radius 3 is 2.67 bits per heavy atom. The number of fused-ring (bicyclic) bond motifs is 3. The Labute approximate surface area is 136 Å². The van der Waals surface area contributed by atoms with Crippen LogP contribution in [0.5, 0.6) is 0 Å². The highest BCUT2D eigenvalue weighted by Crippen LogP contribution is 2.42. The molecule has 1 aromatic heterocycles. The molecule has 2 aliphatic rings. The first-order valence-corrected chi connectivity index (χ1v) is 7.36. The van der Waals surface area contributed by atoms with Gasteiger partial charge in [-0.25, -0.2) is 0 Å². The molecule has 1 amide bonds. The number of nitrogens with zero attached hydrogens (tertiary/aromatic N) is 4. The second-order valence-corrected chi connectivity index (χ2v) is 5.25. The van der Waals surface area contributed by atoms with Gasteiger partial charge in [0.05, 0.1) is 17.4 Å². The van der Waals surface area contributed by atoms with E-state index in [-0.39, 0.29) is 11.6 Å².